The first-order valence-corrected chi connectivity index (χ1v) is 7.65. The molecule has 2 heterocycles. The van der Waals surface area contributed by atoms with Gasteiger partial charge in [0.05, 0.1) is 20.9 Å². The molecule has 0 bridgehead atoms. The number of carbonyl (C=O) groups is 1. The smallest absolute Gasteiger partial charge is 0.264 e. The van der Waals surface area contributed by atoms with E-state index in [0.717, 1.165) is 14.4 Å². The first-order chi connectivity index (χ1) is 9.08. The van der Waals surface area contributed by atoms with Gasteiger partial charge in [-0.05, 0) is 54.0 Å². The summed E-state index contributed by atoms with van der Waals surface area (Å²) in [4.78, 5) is 19.4. The Morgan fingerprint density at radius 1 is 1.37 bits per heavy atom. The molecule has 0 radical (unpaired) electrons. The number of pyridine rings is 1. The summed E-state index contributed by atoms with van der Waals surface area (Å²) in [7, 11) is 0. The number of rotatable bonds is 4. The highest BCUT2D eigenvalue weighted by molar-refractivity contribution is 9.11. The number of thiophene rings is 1. The molecule has 2 aromatic heterocycles. The normalized spacial score (nSPS) is 10.7. The van der Waals surface area contributed by atoms with Crippen LogP contribution in [0.2, 0.25) is 0 Å². The van der Waals surface area contributed by atoms with E-state index in [1.54, 1.807) is 6.20 Å². The second kappa shape index (κ2) is 6.30. The average molecular weight is 339 g/mol. The summed E-state index contributed by atoms with van der Waals surface area (Å²) >= 11 is 4.85. The van der Waals surface area contributed by atoms with E-state index in [4.69, 9.17) is 0 Å². The molecule has 0 spiro atoms. The predicted octanol–water partition coefficient (Wildman–Crippen LogP) is 3.96. The number of aromatic nitrogens is 1. The van der Waals surface area contributed by atoms with Gasteiger partial charge in [0.2, 0.25) is 0 Å². The van der Waals surface area contributed by atoms with E-state index in [0.29, 0.717) is 6.54 Å². The molecule has 0 aromatic carbocycles. The molecule has 0 aliphatic heterocycles. The van der Waals surface area contributed by atoms with Gasteiger partial charge >= 0.3 is 0 Å². The third-order valence-corrected chi connectivity index (χ3v) is 4.34. The number of nitrogens with zero attached hydrogens (tertiary/aromatic N) is 2. The van der Waals surface area contributed by atoms with E-state index in [2.05, 4.69) is 20.9 Å². The van der Waals surface area contributed by atoms with Crippen LogP contribution in [0.1, 0.15) is 29.2 Å². The third kappa shape index (κ3) is 3.64. The van der Waals surface area contributed by atoms with Crippen molar-refractivity contribution in [1.82, 2.24) is 9.88 Å². The summed E-state index contributed by atoms with van der Waals surface area (Å²) in [5.41, 5.74) is 0.903. The molecule has 0 unspecified atom stereocenters. The van der Waals surface area contributed by atoms with Crippen molar-refractivity contribution >= 4 is 33.2 Å². The Kier molecular flexibility index (Phi) is 4.71. The Hall–Kier alpha value is -1.20. The maximum absolute atomic E-state index is 12.5. The van der Waals surface area contributed by atoms with Gasteiger partial charge in [0.15, 0.2) is 0 Å². The van der Waals surface area contributed by atoms with Crippen LogP contribution in [0.4, 0.5) is 0 Å². The summed E-state index contributed by atoms with van der Waals surface area (Å²) in [6.45, 7) is 4.57. The molecule has 0 saturated heterocycles. The molecule has 0 saturated carbocycles. The van der Waals surface area contributed by atoms with E-state index in [-0.39, 0.29) is 11.9 Å². The summed E-state index contributed by atoms with van der Waals surface area (Å²) in [5.74, 6) is 0.0522. The van der Waals surface area contributed by atoms with Gasteiger partial charge in [0.25, 0.3) is 5.91 Å². The Labute approximate surface area is 125 Å². The second-order valence-corrected chi connectivity index (χ2v) is 6.91. The Balaban J connectivity index is 2.19. The highest BCUT2D eigenvalue weighted by Crippen LogP contribution is 2.24. The molecule has 0 N–H and O–H groups in total. The molecule has 0 fully saturated rings. The lowest BCUT2D eigenvalue weighted by atomic mass is 10.2. The van der Waals surface area contributed by atoms with Crippen molar-refractivity contribution in [1.29, 1.82) is 0 Å². The van der Waals surface area contributed by atoms with Crippen molar-refractivity contribution in [2.24, 2.45) is 0 Å². The molecule has 0 atom stereocenters. The molecule has 100 valence electrons. The van der Waals surface area contributed by atoms with Crippen LogP contribution in [0.25, 0.3) is 0 Å². The Morgan fingerprint density at radius 2 is 2.16 bits per heavy atom. The number of hydrogen-bond acceptors (Lipinski definition) is 3. The topological polar surface area (TPSA) is 33.2 Å². The van der Waals surface area contributed by atoms with Gasteiger partial charge in [0.1, 0.15) is 0 Å². The van der Waals surface area contributed by atoms with Gasteiger partial charge in [-0.25, -0.2) is 0 Å². The number of amides is 1. The lowest BCUT2D eigenvalue weighted by molar-refractivity contribution is 0.0693. The van der Waals surface area contributed by atoms with Gasteiger partial charge in [0, 0.05) is 12.2 Å². The molecule has 0 aliphatic carbocycles. The highest BCUT2D eigenvalue weighted by atomic mass is 79.9. The van der Waals surface area contributed by atoms with Gasteiger partial charge in [-0.15, -0.1) is 11.3 Å². The van der Waals surface area contributed by atoms with Crippen molar-refractivity contribution in [2.75, 3.05) is 0 Å². The van der Waals surface area contributed by atoms with Crippen molar-refractivity contribution in [2.45, 2.75) is 26.4 Å². The minimum Gasteiger partial charge on any atom is -0.330 e. The molecular formula is C14H15BrN2OS. The lowest BCUT2D eigenvalue weighted by Gasteiger charge is -2.25. The third-order valence-electron chi connectivity index (χ3n) is 2.73. The standard InChI is InChI=1S/C14H15BrN2OS/c1-10(2)17(9-11-5-3-4-8-16-11)14(18)12-6-7-13(15)19-12/h3-8,10H,9H2,1-2H3. The summed E-state index contributed by atoms with van der Waals surface area (Å²) in [5, 5.41) is 0. The molecule has 5 heteroatoms. The van der Waals surface area contributed by atoms with Crippen LogP contribution >= 0.6 is 27.3 Å². The van der Waals surface area contributed by atoms with Gasteiger partial charge in [-0.3, -0.25) is 9.78 Å². The molecule has 3 nitrogen and oxygen atoms in total. The summed E-state index contributed by atoms with van der Waals surface area (Å²) in [6, 6.07) is 9.64. The summed E-state index contributed by atoms with van der Waals surface area (Å²) in [6.07, 6.45) is 1.75. The zero-order valence-corrected chi connectivity index (χ0v) is 13.2. The molecule has 19 heavy (non-hydrogen) atoms. The maximum atomic E-state index is 12.5. The number of halogens is 1. The first-order valence-electron chi connectivity index (χ1n) is 6.04. The Morgan fingerprint density at radius 3 is 2.68 bits per heavy atom. The van der Waals surface area contributed by atoms with Crippen molar-refractivity contribution in [3.63, 3.8) is 0 Å². The van der Waals surface area contributed by atoms with Crippen LogP contribution < -0.4 is 0 Å². The largest absolute Gasteiger partial charge is 0.330 e. The predicted molar refractivity (Wildman–Crippen MR) is 81.3 cm³/mol. The van der Waals surface area contributed by atoms with E-state index < -0.39 is 0 Å². The van der Waals surface area contributed by atoms with E-state index in [9.17, 15) is 4.79 Å². The van der Waals surface area contributed by atoms with Gasteiger partial charge < -0.3 is 4.90 Å². The number of hydrogen-bond donors (Lipinski definition) is 0. The SMILES string of the molecule is CC(C)N(Cc1ccccn1)C(=O)c1ccc(Br)s1. The van der Waals surface area contributed by atoms with Gasteiger partial charge in [-0.2, -0.15) is 0 Å². The number of carbonyl (C=O) groups excluding carboxylic acids is 1. The quantitative estimate of drug-likeness (QED) is 0.845. The van der Waals surface area contributed by atoms with Crippen LogP contribution in [0.5, 0.6) is 0 Å². The minimum atomic E-state index is 0.0522. The maximum Gasteiger partial charge on any atom is 0.264 e. The van der Waals surface area contributed by atoms with Crippen LogP contribution in [0.3, 0.4) is 0 Å². The monoisotopic (exact) mass is 338 g/mol. The Bertz CT molecular complexity index is 554. The molecule has 1 amide bonds. The zero-order valence-electron chi connectivity index (χ0n) is 10.8. The molecular weight excluding hydrogens is 324 g/mol. The van der Waals surface area contributed by atoms with Crippen molar-refractivity contribution in [3.8, 4) is 0 Å². The fraction of sp³-hybridized carbons (Fsp3) is 0.286. The van der Waals surface area contributed by atoms with Crippen molar-refractivity contribution in [3.05, 3.63) is 50.9 Å². The van der Waals surface area contributed by atoms with Crippen molar-refractivity contribution < 1.29 is 4.79 Å². The van der Waals surface area contributed by atoms with Gasteiger partial charge in [-0.1, -0.05) is 6.07 Å². The fourth-order valence-electron chi connectivity index (χ4n) is 1.73. The molecule has 2 aromatic rings. The molecule has 2 rings (SSSR count). The van der Waals surface area contributed by atoms with E-state index in [1.807, 2.05) is 49.1 Å². The molecule has 0 aliphatic rings. The first kappa shape index (κ1) is 14.2. The van der Waals surface area contributed by atoms with Crippen LogP contribution in [-0.4, -0.2) is 21.8 Å². The fourth-order valence-corrected chi connectivity index (χ4v) is 3.07. The van der Waals surface area contributed by atoms with E-state index >= 15 is 0 Å². The minimum absolute atomic E-state index is 0.0522. The summed E-state index contributed by atoms with van der Waals surface area (Å²) < 4.78 is 0.970. The van der Waals surface area contributed by atoms with Crippen LogP contribution in [-0.2, 0) is 6.54 Å². The average Bonchev–Trinajstić information content (AvgIpc) is 2.83. The zero-order chi connectivity index (χ0) is 13.8. The van der Waals surface area contributed by atoms with Crippen LogP contribution in [0, 0.1) is 0 Å². The second-order valence-electron chi connectivity index (χ2n) is 4.45. The lowest BCUT2D eigenvalue weighted by Crippen LogP contribution is -2.36. The van der Waals surface area contributed by atoms with Crippen LogP contribution in [0.15, 0.2) is 40.3 Å². The highest BCUT2D eigenvalue weighted by Gasteiger charge is 2.20. The van der Waals surface area contributed by atoms with E-state index in [1.165, 1.54) is 11.3 Å².